The third kappa shape index (κ3) is 2.97. The Kier molecular flexibility index (Phi) is 4.27. The van der Waals surface area contributed by atoms with Crippen LogP contribution in [0.25, 0.3) is 0 Å². The van der Waals surface area contributed by atoms with Crippen molar-refractivity contribution in [2.75, 3.05) is 16.8 Å². The van der Waals surface area contributed by atoms with Crippen molar-refractivity contribution in [3.05, 3.63) is 58.4 Å². The second kappa shape index (κ2) is 6.16. The lowest BCUT2D eigenvalue weighted by molar-refractivity contribution is 0.0980. The molecular formula is C16H14BrClN2O. The number of aromatic nitrogens is 1. The van der Waals surface area contributed by atoms with E-state index >= 15 is 0 Å². The highest BCUT2D eigenvalue weighted by molar-refractivity contribution is 9.09. The van der Waals surface area contributed by atoms with E-state index in [4.69, 9.17) is 11.6 Å². The number of benzene rings is 1. The molecule has 3 nitrogen and oxygen atoms in total. The minimum atomic E-state index is 0.0192. The smallest absolute Gasteiger partial charge is 0.258 e. The van der Waals surface area contributed by atoms with Crippen LogP contribution in [0.1, 0.15) is 21.5 Å². The second-order valence-electron chi connectivity index (χ2n) is 5.00. The van der Waals surface area contributed by atoms with E-state index in [9.17, 15) is 4.79 Å². The molecule has 1 amide bonds. The number of hydrogen-bond acceptors (Lipinski definition) is 2. The summed E-state index contributed by atoms with van der Waals surface area (Å²) in [5, 5.41) is 1.56. The van der Waals surface area contributed by atoms with Crippen molar-refractivity contribution in [1.82, 2.24) is 4.98 Å². The SMILES string of the molecule is O=C1c2ccc(Cl)cc2CCN1c1cncc(CCBr)c1. The van der Waals surface area contributed by atoms with Gasteiger partial charge in [-0.2, -0.15) is 0 Å². The van der Waals surface area contributed by atoms with Crippen LogP contribution >= 0.6 is 27.5 Å². The third-order valence-electron chi connectivity index (χ3n) is 3.62. The van der Waals surface area contributed by atoms with Gasteiger partial charge >= 0.3 is 0 Å². The summed E-state index contributed by atoms with van der Waals surface area (Å²) in [6, 6.07) is 7.49. The topological polar surface area (TPSA) is 33.2 Å². The summed E-state index contributed by atoms with van der Waals surface area (Å²) in [6.45, 7) is 0.658. The van der Waals surface area contributed by atoms with Crippen molar-refractivity contribution in [3.8, 4) is 0 Å². The Morgan fingerprint density at radius 1 is 1.29 bits per heavy atom. The molecule has 0 radical (unpaired) electrons. The molecule has 5 heteroatoms. The molecule has 108 valence electrons. The highest BCUT2D eigenvalue weighted by Gasteiger charge is 2.25. The molecule has 3 rings (SSSR count). The lowest BCUT2D eigenvalue weighted by Gasteiger charge is -2.28. The van der Waals surface area contributed by atoms with E-state index in [2.05, 4.69) is 20.9 Å². The summed E-state index contributed by atoms with van der Waals surface area (Å²) in [5.41, 5.74) is 3.74. The average Bonchev–Trinajstić information content (AvgIpc) is 2.48. The minimum absolute atomic E-state index is 0.0192. The van der Waals surface area contributed by atoms with Crippen molar-refractivity contribution >= 4 is 39.1 Å². The fourth-order valence-corrected chi connectivity index (χ4v) is 3.22. The van der Waals surface area contributed by atoms with Crippen molar-refractivity contribution in [2.24, 2.45) is 0 Å². The van der Waals surface area contributed by atoms with Crippen LogP contribution in [-0.4, -0.2) is 22.8 Å². The first-order valence-electron chi connectivity index (χ1n) is 6.79. The highest BCUT2D eigenvalue weighted by atomic mass is 79.9. The average molecular weight is 366 g/mol. The quantitative estimate of drug-likeness (QED) is 0.774. The third-order valence-corrected chi connectivity index (χ3v) is 4.25. The van der Waals surface area contributed by atoms with E-state index in [1.165, 1.54) is 0 Å². The van der Waals surface area contributed by atoms with Crippen LogP contribution < -0.4 is 4.90 Å². The summed E-state index contributed by atoms with van der Waals surface area (Å²) in [6.07, 6.45) is 5.29. The van der Waals surface area contributed by atoms with Gasteiger partial charge in [0, 0.05) is 28.7 Å². The molecule has 0 atom stereocenters. The van der Waals surface area contributed by atoms with Gasteiger partial charge in [-0.25, -0.2) is 0 Å². The molecule has 0 spiro atoms. The molecule has 21 heavy (non-hydrogen) atoms. The van der Waals surface area contributed by atoms with Crippen LogP contribution in [0.3, 0.4) is 0 Å². The fourth-order valence-electron chi connectivity index (χ4n) is 2.57. The molecule has 1 aliphatic heterocycles. The van der Waals surface area contributed by atoms with Gasteiger partial charge in [-0.15, -0.1) is 0 Å². The summed E-state index contributed by atoms with van der Waals surface area (Å²) < 4.78 is 0. The van der Waals surface area contributed by atoms with E-state index in [1.807, 2.05) is 24.4 Å². The number of nitrogens with zero attached hydrogens (tertiary/aromatic N) is 2. The molecule has 0 fully saturated rings. The van der Waals surface area contributed by atoms with Crippen molar-refractivity contribution in [3.63, 3.8) is 0 Å². The van der Waals surface area contributed by atoms with Crippen molar-refractivity contribution in [1.29, 1.82) is 0 Å². The molecule has 0 aliphatic carbocycles. The van der Waals surface area contributed by atoms with Crippen LogP contribution in [-0.2, 0) is 12.8 Å². The number of anilines is 1. The van der Waals surface area contributed by atoms with Gasteiger partial charge in [0.15, 0.2) is 0 Å². The van der Waals surface area contributed by atoms with Gasteiger partial charge in [-0.3, -0.25) is 9.78 Å². The zero-order valence-electron chi connectivity index (χ0n) is 11.4. The number of fused-ring (bicyclic) bond motifs is 1. The van der Waals surface area contributed by atoms with Crippen LogP contribution in [0.5, 0.6) is 0 Å². The molecule has 1 aliphatic rings. The first-order chi connectivity index (χ1) is 10.2. The predicted molar refractivity (Wildman–Crippen MR) is 88.6 cm³/mol. The van der Waals surface area contributed by atoms with Crippen molar-refractivity contribution < 1.29 is 4.79 Å². The maximum atomic E-state index is 12.6. The number of carbonyl (C=O) groups is 1. The van der Waals surface area contributed by atoms with Crippen LogP contribution in [0.4, 0.5) is 5.69 Å². The number of amides is 1. The van der Waals surface area contributed by atoms with Crippen molar-refractivity contribution in [2.45, 2.75) is 12.8 Å². The first-order valence-corrected chi connectivity index (χ1v) is 8.29. The molecule has 0 N–H and O–H groups in total. The van der Waals surface area contributed by atoms with E-state index in [0.717, 1.165) is 40.5 Å². The first kappa shape index (κ1) is 14.5. The van der Waals surface area contributed by atoms with E-state index < -0.39 is 0 Å². The minimum Gasteiger partial charge on any atom is -0.306 e. The van der Waals surface area contributed by atoms with Gasteiger partial charge in [0.25, 0.3) is 5.91 Å². The van der Waals surface area contributed by atoms with Gasteiger partial charge in [0.05, 0.1) is 11.9 Å². The summed E-state index contributed by atoms with van der Waals surface area (Å²) in [5.74, 6) is 0.0192. The maximum Gasteiger partial charge on any atom is 0.258 e. The second-order valence-corrected chi connectivity index (χ2v) is 6.23. The van der Waals surface area contributed by atoms with E-state index in [1.54, 1.807) is 17.2 Å². The molecule has 1 aromatic carbocycles. The zero-order chi connectivity index (χ0) is 14.8. The Balaban J connectivity index is 1.93. The number of rotatable bonds is 3. The summed E-state index contributed by atoms with van der Waals surface area (Å²) in [7, 11) is 0. The monoisotopic (exact) mass is 364 g/mol. The fraction of sp³-hybridized carbons (Fsp3) is 0.250. The number of aryl methyl sites for hydroxylation is 1. The lowest BCUT2D eigenvalue weighted by atomic mass is 9.98. The molecular weight excluding hydrogens is 352 g/mol. The predicted octanol–water partition coefficient (Wildman–Crippen LogP) is 3.88. The van der Waals surface area contributed by atoms with Gasteiger partial charge in [-0.1, -0.05) is 27.5 Å². The molecule has 2 aromatic rings. The van der Waals surface area contributed by atoms with Crippen LogP contribution in [0.15, 0.2) is 36.7 Å². The standard InChI is InChI=1S/C16H14BrClN2O/c17-5-3-11-7-14(10-19-9-11)20-6-4-12-8-13(18)1-2-15(12)16(20)21/h1-2,7-10H,3-6H2. The molecule has 2 heterocycles. The summed E-state index contributed by atoms with van der Waals surface area (Å²) >= 11 is 9.42. The Morgan fingerprint density at radius 2 is 2.14 bits per heavy atom. The molecule has 0 saturated carbocycles. The zero-order valence-corrected chi connectivity index (χ0v) is 13.7. The van der Waals surface area contributed by atoms with Crippen LogP contribution in [0.2, 0.25) is 5.02 Å². The number of pyridine rings is 1. The maximum absolute atomic E-state index is 12.6. The molecule has 0 unspecified atom stereocenters. The molecule has 0 bridgehead atoms. The largest absolute Gasteiger partial charge is 0.306 e. The van der Waals surface area contributed by atoms with Gasteiger partial charge in [-0.05, 0) is 48.2 Å². The van der Waals surface area contributed by atoms with Gasteiger partial charge in [0.1, 0.15) is 0 Å². The van der Waals surface area contributed by atoms with E-state index in [-0.39, 0.29) is 5.91 Å². The number of alkyl halides is 1. The Morgan fingerprint density at radius 3 is 2.95 bits per heavy atom. The lowest BCUT2D eigenvalue weighted by Crippen LogP contribution is -2.37. The van der Waals surface area contributed by atoms with Gasteiger partial charge in [0.2, 0.25) is 0 Å². The van der Waals surface area contributed by atoms with E-state index in [0.29, 0.717) is 11.6 Å². The number of carbonyl (C=O) groups excluding carboxylic acids is 1. The Bertz CT molecular complexity index is 690. The molecule has 0 saturated heterocycles. The Labute approximate surface area is 137 Å². The number of halogens is 2. The normalized spacial score (nSPS) is 14.2. The Hall–Kier alpha value is -1.39. The van der Waals surface area contributed by atoms with Gasteiger partial charge < -0.3 is 4.90 Å². The van der Waals surface area contributed by atoms with Crippen LogP contribution in [0, 0.1) is 0 Å². The molecule has 1 aromatic heterocycles. The number of hydrogen-bond donors (Lipinski definition) is 0. The highest BCUT2D eigenvalue weighted by Crippen LogP contribution is 2.26. The summed E-state index contributed by atoms with van der Waals surface area (Å²) in [4.78, 5) is 18.7.